The SMILES string of the molecule is Cc1nn(C)c(NN)c1Cn1cccnc1=O. The minimum atomic E-state index is -0.293. The molecule has 0 aliphatic heterocycles. The van der Waals surface area contributed by atoms with Gasteiger partial charge in [0.15, 0.2) is 0 Å². The van der Waals surface area contributed by atoms with Gasteiger partial charge >= 0.3 is 5.69 Å². The van der Waals surface area contributed by atoms with Crippen LogP contribution in [0.15, 0.2) is 23.3 Å². The highest BCUT2D eigenvalue weighted by molar-refractivity contribution is 5.46. The maximum atomic E-state index is 11.5. The van der Waals surface area contributed by atoms with Crippen LogP contribution in [0.5, 0.6) is 0 Å². The van der Waals surface area contributed by atoms with Gasteiger partial charge in [-0.2, -0.15) is 5.10 Å². The number of hydrogen-bond acceptors (Lipinski definition) is 5. The zero-order valence-electron chi connectivity index (χ0n) is 9.71. The molecule has 0 atom stereocenters. The van der Waals surface area contributed by atoms with Crippen molar-refractivity contribution in [2.45, 2.75) is 13.5 Å². The highest BCUT2D eigenvalue weighted by Crippen LogP contribution is 2.17. The van der Waals surface area contributed by atoms with E-state index >= 15 is 0 Å². The molecule has 0 saturated carbocycles. The Morgan fingerprint density at radius 2 is 2.29 bits per heavy atom. The molecule has 2 heterocycles. The first-order chi connectivity index (χ1) is 8.13. The average Bonchev–Trinajstić information content (AvgIpc) is 2.56. The smallest absolute Gasteiger partial charge is 0.308 e. The van der Waals surface area contributed by atoms with E-state index in [1.807, 2.05) is 6.92 Å². The molecule has 0 unspecified atom stereocenters. The third-order valence-electron chi connectivity index (χ3n) is 2.59. The number of nitrogens with zero attached hydrogens (tertiary/aromatic N) is 4. The zero-order chi connectivity index (χ0) is 12.4. The van der Waals surface area contributed by atoms with Crippen LogP contribution in [0.2, 0.25) is 0 Å². The first-order valence-corrected chi connectivity index (χ1v) is 5.14. The summed E-state index contributed by atoms with van der Waals surface area (Å²) in [4.78, 5) is 15.2. The molecule has 90 valence electrons. The second kappa shape index (κ2) is 4.38. The molecule has 7 nitrogen and oxygen atoms in total. The van der Waals surface area contributed by atoms with Gasteiger partial charge in [0.2, 0.25) is 0 Å². The summed E-state index contributed by atoms with van der Waals surface area (Å²) in [6, 6.07) is 1.71. The Balaban J connectivity index is 2.43. The van der Waals surface area contributed by atoms with Crippen molar-refractivity contribution in [3.63, 3.8) is 0 Å². The largest absolute Gasteiger partial charge is 0.347 e. The van der Waals surface area contributed by atoms with E-state index in [9.17, 15) is 4.79 Å². The summed E-state index contributed by atoms with van der Waals surface area (Å²) in [5.41, 5.74) is 4.01. The van der Waals surface area contributed by atoms with Crippen LogP contribution in [0.1, 0.15) is 11.3 Å². The van der Waals surface area contributed by atoms with Gasteiger partial charge in [-0.1, -0.05) is 0 Å². The molecule has 2 aromatic rings. The van der Waals surface area contributed by atoms with E-state index < -0.39 is 0 Å². The fraction of sp³-hybridized carbons (Fsp3) is 0.300. The molecular formula is C10H14N6O. The van der Waals surface area contributed by atoms with Gasteiger partial charge in [0.05, 0.1) is 12.2 Å². The number of anilines is 1. The molecule has 0 radical (unpaired) electrons. The van der Waals surface area contributed by atoms with E-state index in [4.69, 9.17) is 5.84 Å². The van der Waals surface area contributed by atoms with Gasteiger partial charge in [-0.15, -0.1) is 0 Å². The van der Waals surface area contributed by atoms with Gasteiger partial charge in [-0.25, -0.2) is 15.6 Å². The molecule has 0 aliphatic rings. The van der Waals surface area contributed by atoms with Crippen LogP contribution in [0.25, 0.3) is 0 Å². The average molecular weight is 234 g/mol. The van der Waals surface area contributed by atoms with Crippen molar-refractivity contribution in [1.82, 2.24) is 19.3 Å². The quantitative estimate of drug-likeness (QED) is 0.558. The fourth-order valence-corrected chi connectivity index (χ4v) is 1.75. The number of aromatic nitrogens is 4. The lowest BCUT2D eigenvalue weighted by atomic mass is 10.2. The van der Waals surface area contributed by atoms with Crippen LogP contribution in [0.3, 0.4) is 0 Å². The Bertz CT molecular complexity index is 585. The van der Waals surface area contributed by atoms with E-state index in [0.717, 1.165) is 11.3 Å². The summed E-state index contributed by atoms with van der Waals surface area (Å²) in [6.07, 6.45) is 3.15. The molecule has 0 saturated heterocycles. The normalized spacial score (nSPS) is 10.5. The third-order valence-corrected chi connectivity index (χ3v) is 2.59. The van der Waals surface area contributed by atoms with E-state index in [1.165, 1.54) is 10.8 Å². The molecule has 0 bridgehead atoms. The second-order valence-corrected chi connectivity index (χ2v) is 3.71. The summed E-state index contributed by atoms with van der Waals surface area (Å²) < 4.78 is 3.15. The van der Waals surface area contributed by atoms with Crippen LogP contribution in [0, 0.1) is 6.92 Å². The zero-order valence-corrected chi connectivity index (χ0v) is 9.71. The fourth-order valence-electron chi connectivity index (χ4n) is 1.75. The van der Waals surface area contributed by atoms with Crippen molar-refractivity contribution in [2.75, 3.05) is 5.43 Å². The van der Waals surface area contributed by atoms with E-state index in [0.29, 0.717) is 12.4 Å². The molecule has 0 aliphatic carbocycles. The van der Waals surface area contributed by atoms with E-state index in [1.54, 1.807) is 24.0 Å². The van der Waals surface area contributed by atoms with Gasteiger partial charge in [0, 0.05) is 25.0 Å². The van der Waals surface area contributed by atoms with Crippen molar-refractivity contribution < 1.29 is 0 Å². The standard InChI is InChI=1S/C10H14N6O/c1-7-8(9(13-11)15(2)14-7)6-16-5-3-4-12-10(16)17/h3-5,13H,6,11H2,1-2H3. The predicted molar refractivity (Wildman–Crippen MR) is 63.4 cm³/mol. The van der Waals surface area contributed by atoms with Crippen molar-refractivity contribution >= 4 is 5.82 Å². The third kappa shape index (κ3) is 2.04. The van der Waals surface area contributed by atoms with Crippen molar-refractivity contribution in [3.05, 3.63) is 40.2 Å². The van der Waals surface area contributed by atoms with Crippen LogP contribution in [-0.2, 0) is 13.6 Å². The first-order valence-electron chi connectivity index (χ1n) is 5.14. The van der Waals surface area contributed by atoms with E-state index in [2.05, 4.69) is 15.5 Å². The molecule has 17 heavy (non-hydrogen) atoms. The van der Waals surface area contributed by atoms with Gasteiger partial charge in [0.1, 0.15) is 5.82 Å². The Hall–Kier alpha value is -2.15. The van der Waals surface area contributed by atoms with Crippen molar-refractivity contribution in [3.8, 4) is 0 Å². The molecule has 0 spiro atoms. The molecule has 3 N–H and O–H groups in total. The number of hydrogen-bond donors (Lipinski definition) is 2. The van der Waals surface area contributed by atoms with Crippen LogP contribution in [0.4, 0.5) is 5.82 Å². The second-order valence-electron chi connectivity index (χ2n) is 3.71. The van der Waals surface area contributed by atoms with Gasteiger partial charge < -0.3 is 5.43 Å². The Kier molecular flexibility index (Phi) is 2.92. The number of aryl methyl sites for hydroxylation is 2. The molecule has 7 heteroatoms. The maximum absolute atomic E-state index is 11.5. The number of nitrogens with one attached hydrogen (secondary N) is 1. The summed E-state index contributed by atoms with van der Waals surface area (Å²) in [5.74, 6) is 6.14. The van der Waals surface area contributed by atoms with Crippen LogP contribution >= 0.6 is 0 Å². The maximum Gasteiger partial charge on any atom is 0.347 e. The lowest BCUT2D eigenvalue weighted by Gasteiger charge is -2.07. The monoisotopic (exact) mass is 234 g/mol. The molecular weight excluding hydrogens is 220 g/mol. The molecule has 0 fully saturated rings. The first kappa shape index (κ1) is 11.3. The lowest BCUT2D eigenvalue weighted by molar-refractivity contribution is 0.724. The number of nitrogens with two attached hydrogens (primary N) is 1. The molecule has 2 aromatic heterocycles. The summed E-state index contributed by atoms with van der Waals surface area (Å²) in [5, 5.41) is 4.25. The number of nitrogen functional groups attached to an aromatic ring is 1. The van der Waals surface area contributed by atoms with Gasteiger partial charge in [-0.05, 0) is 13.0 Å². The summed E-state index contributed by atoms with van der Waals surface area (Å²) >= 11 is 0. The molecule has 0 amide bonds. The molecule has 2 rings (SSSR count). The number of rotatable bonds is 3. The van der Waals surface area contributed by atoms with Crippen molar-refractivity contribution in [2.24, 2.45) is 12.9 Å². The topological polar surface area (TPSA) is 90.8 Å². The Labute approximate surface area is 97.9 Å². The summed E-state index contributed by atoms with van der Waals surface area (Å²) in [6.45, 7) is 2.27. The predicted octanol–water partition coefficient (Wildman–Crippen LogP) is -0.381. The summed E-state index contributed by atoms with van der Waals surface area (Å²) in [7, 11) is 1.79. The Morgan fingerprint density at radius 3 is 2.94 bits per heavy atom. The van der Waals surface area contributed by atoms with Crippen LogP contribution < -0.4 is 17.0 Å². The van der Waals surface area contributed by atoms with Gasteiger partial charge in [0.25, 0.3) is 0 Å². The number of hydrazine groups is 1. The van der Waals surface area contributed by atoms with Crippen LogP contribution in [-0.4, -0.2) is 19.3 Å². The minimum Gasteiger partial charge on any atom is -0.308 e. The van der Waals surface area contributed by atoms with Gasteiger partial charge in [-0.3, -0.25) is 9.25 Å². The highest BCUT2D eigenvalue weighted by Gasteiger charge is 2.13. The minimum absolute atomic E-state index is 0.293. The molecule has 0 aromatic carbocycles. The lowest BCUT2D eigenvalue weighted by Crippen LogP contribution is -2.23. The Morgan fingerprint density at radius 1 is 1.53 bits per heavy atom. The highest BCUT2D eigenvalue weighted by atomic mass is 16.1. The van der Waals surface area contributed by atoms with Crippen molar-refractivity contribution in [1.29, 1.82) is 0 Å². The van der Waals surface area contributed by atoms with E-state index in [-0.39, 0.29) is 5.69 Å².